The Labute approximate surface area is 139 Å². The summed E-state index contributed by atoms with van der Waals surface area (Å²) in [5, 5.41) is 0. The molecule has 2 nitrogen and oxygen atoms in total. The van der Waals surface area contributed by atoms with Gasteiger partial charge in [0.05, 0.1) is 0 Å². The van der Waals surface area contributed by atoms with E-state index < -0.39 is 0 Å². The first-order valence-corrected chi connectivity index (χ1v) is 10.0. The normalized spacial score (nSPS) is 12.5. The summed E-state index contributed by atoms with van der Waals surface area (Å²) in [6.45, 7) is 4.50. The van der Waals surface area contributed by atoms with Crippen molar-refractivity contribution in [1.29, 1.82) is 0 Å². The van der Waals surface area contributed by atoms with Crippen molar-refractivity contribution >= 4 is 5.91 Å². The summed E-state index contributed by atoms with van der Waals surface area (Å²) in [5.74, 6) is 0.0581. The summed E-state index contributed by atoms with van der Waals surface area (Å²) in [6.07, 6.45) is 20.4. The van der Waals surface area contributed by atoms with Gasteiger partial charge in [0, 0.05) is 5.92 Å². The van der Waals surface area contributed by atoms with Crippen LogP contribution in [0.2, 0.25) is 0 Å². The topological polar surface area (TPSA) is 43.1 Å². The third kappa shape index (κ3) is 14.4. The molecule has 132 valence electrons. The maximum atomic E-state index is 11.5. The molecule has 0 saturated carbocycles. The van der Waals surface area contributed by atoms with Gasteiger partial charge >= 0.3 is 0 Å². The Hall–Kier alpha value is -0.530. The summed E-state index contributed by atoms with van der Waals surface area (Å²) >= 11 is 0. The van der Waals surface area contributed by atoms with Gasteiger partial charge in [-0.05, 0) is 12.8 Å². The second kappa shape index (κ2) is 16.8. The fraction of sp³-hybridized carbons (Fsp3) is 0.950. The fourth-order valence-corrected chi connectivity index (χ4v) is 3.12. The summed E-state index contributed by atoms with van der Waals surface area (Å²) in [6, 6.07) is 0. The van der Waals surface area contributed by atoms with Crippen molar-refractivity contribution in [2.45, 2.75) is 117 Å². The Bertz CT molecular complexity index is 240. The van der Waals surface area contributed by atoms with Gasteiger partial charge < -0.3 is 5.73 Å². The number of carbonyl (C=O) groups is 1. The van der Waals surface area contributed by atoms with Crippen LogP contribution in [0.1, 0.15) is 117 Å². The van der Waals surface area contributed by atoms with Crippen LogP contribution in [0.5, 0.6) is 0 Å². The molecular formula is C20H41NO. The van der Waals surface area contributed by atoms with Crippen LogP contribution >= 0.6 is 0 Å². The molecule has 0 spiro atoms. The highest BCUT2D eigenvalue weighted by Gasteiger charge is 2.14. The van der Waals surface area contributed by atoms with Crippen molar-refractivity contribution in [3.05, 3.63) is 0 Å². The average molecular weight is 312 g/mol. The third-order valence-corrected chi connectivity index (χ3v) is 4.71. The van der Waals surface area contributed by atoms with E-state index in [1.807, 2.05) is 0 Å². The van der Waals surface area contributed by atoms with E-state index in [2.05, 4.69) is 13.8 Å². The van der Waals surface area contributed by atoms with Crippen LogP contribution in [-0.4, -0.2) is 5.91 Å². The van der Waals surface area contributed by atoms with Crippen molar-refractivity contribution in [1.82, 2.24) is 0 Å². The standard InChI is InChI=1S/C20H41NO/c1-3-5-7-9-11-12-14-16-18-19(20(21)22)17-15-13-10-8-6-4-2/h19H,3-18H2,1-2H3,(H2,21,22). The summed E-state index contributed by atoms with van der Waals surface area (Å²) < 4.78 is 0. The lowest BCUT2D eigenvalue weighted by Crippen LogP contribution is -2.23. The molecule has 0 aliphatic heterocycles. The molecule has 0 aromatic rings. The Morgan fingerprint density at radius 3 is 1.27 bits per heavy atom. The Balaban J connectivity index is 3.50. The zero-order chi connectivity index (χ0) is 16.5. The first-order chi connectivity index (χ1) is 10.7. The fourth-order valence-electron chi connectivity index (χ4n) is 3.12. The molecule has 1 amide bonds. The van der Waals surface area contributed by atoms with E-state index in [1.165, 1.54) is 89.9 Å². The molecule has 2 heteroatoms. The number of carbonyl (C=O) groups excluding carboxylic acids is 1. The monoisotopic (exact) mass is 311 g/mol. The molecular weight excluding hydrogens is 270 g/mol. The molecule has 1 unspecified atom stereocenters. The highest BCUT2D eigenvalue weighted by molar-refractivity contribution is 5.76. The van der Waals surface area contributed by atoms with Crippen LogP contribution in [-0.2, 0) is 4.79 Å². The van der Waals surface area contributed by atoms with Gasteiger partial charge in [-0.15, -0.1) is 0 Å². The van der Waals surface area contributed by atoms with E-state index in [9.17, 15) is 4.79 Å². The quantitative estimate of drug-likeness (QED) is 0.312. The van der Waals surface area contributed by atoms with Crippen LogP contribution in [0, 0.1) is 5.92 Å². The maximum absolute atomic E-state index is 11.5. The predicted molar refractivity (Wildman–Crippen MR) is 97.9 cm³/mol. The minimum atomic E-state index is -0.0727. The van der Waals surface area contributed by atoms with Crippen molar-refractivity contribution < 1.29 is 4.79 Å². The SMILES string of the molecule is CCCCCCCCCCC(CCCCCCCC)C(N)=O. The lowest BCUT2D eigenvalue weighted by molar-refractivity contribution is -0.122. The van der Waals surface area contributed by atoms with Gasteiger partial charge in [0.15, 0.2) is 0 Å². The Kier molecular flexibility index (Phi) is 16.4. The number of amides is 1. The lowest BCUT2D eigenvalue weighted by Gasteiger charge is -2.13. The molecule has 0 heterocycles. The predicted octanol–water partition coefficient (Wildman–Crippen LogP) is 6.37. The molecule has 0 radical (unpaired) electrons. The summed E-state index contributed by atoms with van der Waals surface area (Å²) in [4.78, 5) is 11.5. The minimum absolute atomic E-state index is 0.0727. The van der Waals surface area contributed by atoms with E-state index in [-0.39, 0.29) is 11.8 Å². The first kappa shape index (κ1) is 21.5. The minimum Gasteiger partial charge on any atom is -0.369 e. The molecule has 0 aliphatic rings. The molecule has 0 fully saturated rings. The Morgan fingerprint density at radius 1 is 0.636 bits per heavy atom. The molecule has 2 N–H and O–H groups in total. The van der Waals surface area contributed by atoms with Gasteiger partial charge in [-0.25, -0.2) is 0 Å². The number of nitrogens with two attached hydrogens (primary N) is 1. The molecule has 0 bridgehead atoms. The molecule has 22 heavy (non-hydrogen) atoms. The van der Waals surface area contributed by atoms with Gasteiger partial charge in [0.2, 0.25) is 5.91 Å². The number of hydrogen-bond donors (Lipinski definition) is 1. The van der Waals surface area contributed by atoms with Crippen molar-refractivity contribution in [3.8, 4) is 0 Å². The van der Waals surface area contributed by atoms with Gasteiger partial charge in [-0.3, -0.25) is 4.79 Å². The number of hydrogen-bond acceptors (Lipinski definition) is 1. The van der Waals surface area contributed by atoms with Gasteiger partial charge in [0.25, 0.3) is 0 Å². The highest BCUT2D eigenvalue weighted by Crippen LogP contribution is 2.19. The number of unbranched alkanes of at least 4 members (excludes halogenated alkanes) is 12. The molecule has 1 atom stereocenters. The molecule has 0 rings (SSSR count). The second-order valence-electron chi connectivity index (χ2n) is 6.92. The van der Waals surface area contributed by atoms with Crippen LogP contribution in [0.4, 0.5) is 0 Å². The van der Waals surface area contributed by atoms with E-state index in [1.54, 1.807) is 0 Å². The van der Waals surface area contributed by atoms with E-state index in [0.717, 1.165) is 12.8 Å². The lowest BCUT2D eigenvalue weighted by atomic mass is 9.93. The average Bonchev–Trinajstić information content (AvgIpc) is 2.50. The van der Waals surface area contributed by atoms with E-state index >= 15 is 0 Å². The first-order valence-electron chi connectivity index (χ1n) is 10.0. The van der Waals surface area contributed by atoms with Crippen LogP contribution in [0.25, 0.3) is 0 Å². The van der Waals surface area contributed by atoms with Crippen molar-refractivity contribution in [3.63, 3.8) is 0 Å². The van der Waals surface area contributed by atoms with Crippen molar-refractivity contribution in [2.24, 2.45) is 11.7 Å². The second-order valence-corrected chi connectivity index (χ2v) is 6.92. The maximum Gasteiger partial charge on any atom is 0.220 e. The van der Waals surface area contributed by atoms with Crippen LogP contribution in [0.3, 0.4) is 0 Å². The zero-order valence-corrected chi connectivity index (χ0v) is 15.4. The largest absolute Gasteiger partial charge is 0.369 e. The highest BCUT2D eigenvalue weighted by atomic mass is 16.1. The molecule has 0 saturated heterocycles. The zero-order valence-electron chi connectivity index (χ0n) is 15.4. The van der Waals surface area contributed by atoms with Gasteiger partial charge in [0.1, 0.15) is 0 Å². The van der Waals surface area contributed by atoms with Crippen molar-refractivity contribution in [2.75, 3.05) is 0 Å². The number of rotatable bonds is 17. The van der Waals surface area contributed by atoms with Gasteiger partial charge in [-0.1, -0.05) is 104 Å². The van der Waals surface area contributed by atoms with E-state index in [4.69, 9.17) is 5.73 Å². The smallest absolute Gasteiger partial charge is 0.220 e. The van der Waals surface area contributed by atoms with E-state index in [0.29, 0.717) is 0 Å². The summed E-state index contributed by atoms with van der Waals surface area (Å²) in [7, 11) is 0. The number of primary amides is 1. The van der Waals surface area contributed by atoms with Crippen LogP contribution < -0.4 is 5.73 Å². The Morgan fingerprint density at radius 2 is 0.955 bits per heavy atom. The van der Waals surface area contributed by atoms with Crippen LogP contribution in [0.15, 0.2) is 0 Å². The molecule has 0 aromatic heterocycles. The molecule has 0 aromatic carbocycles. The third-order valence-electron chi connectivity index (χ3n) is 4.71. The molecule has 0 aliphatic carbocycles. The summed E-state index contributed by atoms with van der Waals surface area (Å²) in [5.41, 5.74) is 5.56. The van der Waals surface area contributed by atoms with Gasteiger partial charge in [-0.2, -0.15) is 0 Å².